The molecule has 19 heavy (non-hydrogen) atoms. The zero-order valence-corrected chi connectivity index (χ0v) is 12.7. The molecule has 1 aromatic rings. The van der Waals surface area contributed by atoms with E-state index in [4.69, 9.17) is 10.9 Å². The molecule has 0 unspecified atom stereocenters. The van der Waals surface area contributed by atoms with Gasteiger partial charge in [0.1, 0.15) is 0 Å². The van der Waals surface area contributed by atoms with Crippen molar-refractivity contribution in [2.24, 2.45) is 10.9 Å². The van der Waals surface area contributed by atoms with E-state index in [2.05, 4.69) is 33.0 Å². The Kier molecular flexibility index (Phi) is 4.69. The summed E-state index contributed by atoms with van der Waals surface area (Å²) in [5.41, 5.74) is 7.56. The van der Waals surface area contributed by atoms with Crippen LogP contribution >= 0.6 is 15.9 Å². The summed E-state index contributed by atoms with van der Waals surface area (Å²) in [6.45, 7) is 0. The standard InChI is InChI=1S/C14H20BrN3O/c1-18(11-5-3-2-4-6-11)13-9-10(15)7-8-12(13)14(16)17-19/h7-9,11,19H,2-6H2,1H3,(H2,16,17). The van der Waals surface area contributed by atoms with Gasteiger partial charge in [0.25, 0.3) is 0 Å². The number of amidine groups is 1. The first-order valence-corrected chi connectivity index (χ1v) is 7.43. The summed E-state index contributed by atoms with van der Waals surface area (Å²) in [6, 6.07) is 6.36. The third kappa shape index (κ3) is 3.21. The largest absolute Gasteiger partial charge is 0.409 e. The van der Waals surface area contributed by atoms with Gasteiger partial charge in [0, 0.05) is 28.8 Å². The average Bonchev–Trinajstić information content (AvgIpc) is 2.46. The molecule has 1 fully saturated rings. The SMILES string of the molecule is CN(c1cc(Br)ccc1/C(N)=N/O)C1CCCCC1. The lowest BCUT2D eigenvalue weighted by atomic mass is 9.93. The molecule has 0 bridgehead atoms. The Balaban J connectivity index is 2.33. The summed E-state index contributed by atoms with van der Waals surface area (Å²) in [7, 11) is 2.09. The van der Waals surface area contributed by atoms with Gasteiger partial charge >= 0.3 is 0 Å². The number of hydrogen-bond donors (Lipinski definition) is 2. The first-order chi connectivity index (χ1) is 9.13. The summed E-state index contributed by atoms with van der Waals surface area (Å²) in [4.78, 5) is 2.26. The second-order valence-corrected chi connectivity index (χ2v) is 5.97. The van der Waals surface area contributed by atoms with Crippen LogP contribution < -0.4 is 10.6 Å². The number of rotatable bonds is 3. The Bertz CT molecular complexity index is 470. The van der Waals surface area contributed by atoms with Gasteiger partial charge in [-0.15, -0.1) is 0 Å². The predicted molar refractivity (Wildman–Crippen MR) is 81.9 cm³/mol. The molecule has 104 valence electrons. The van der Waals surface area contributed by atoms with Crippen LogP contribution in [0.3, 0.4) is 0 Å². The van der Waals surface area contributed by atoms with Crippen molar-refractivity contribution in [2.45, 2.75) is 38.1 Å². The van der Waals surface area contributed by atoms with Crippen LogP contribution in [0.15, 0.2) is 27.8 Å². The summed E-state index contributed by atoms with van der Waals surface area (Å²) in [6.07, 6.45) is 6.30. The van der Waals surface area contributed by atoms with E-state index in [0.29, 0.717) is 6.04 Å². The first-order valence-electron chi connectivity index (χ1n) is 6.63. The van der Waals surface area contributed by atoms with Crippen molar-refractivity contribution in [3.8, 4) is 0 Å². The zero-order chi connectivity index (χ0) is 13.8. The summed E-state index contributed by atoms with van der Waals surface area (Å²) in [5.74, 6) is 0.158. The van der Waals surface area contributed by atoms with E-state index in [1.165, 1.54) is 32.1 Å². The van der Waals surface area contributed by atoms with E-state index in [9.17, 15) is 0 Å². The highest BCUT2D eigenvalue weighted by Crippen LogP contribution is 2.30. The second kappa shape index (κ2) is 6.28. The molecule has 1 aliphatic carbocycles. The van der Waals surface area contributed by atoms with Crippen LogP contribution in [-0.2, 0) is 0 Å². The number of oxime groups is 1. The van der Waals surface area contributed by atoms with Crippen molar-refractivity contribution in [1.82, 2.24) is 0 Å². The van der Waals surface area contributed by atoms with Gasteiger partial charge in [0.05, 0.1) is 0 Å². The fourth-order valence-corrected chi connectivity index (χ4v) is 3.08. The second-order valence-electron chi connectivity index (χ2n) is 5.05. The Morgan fingerprint density at radius 3 is 2.68 bits per heavy atom. The van der Waals surface area contributed by atoms with Crippen LogP contribution in [0.25, 0.3) is 0 Å². The maximum atomic E-state index is 8.91. The number of anilines is 1. The van der Waals surface area contributed by atoms with E-state index in [-0.39, 0.29) is 5.84 Å². The number of hydrogen-bond acceptors (Lipinski definition) is 3. The molecule has 0 aliphatic heterocycles. The quantitative estimate of drug-likeness (QED) is 0.388. The molecule has 0 aromatic heterocycles. The summed E-state index contributed by atoms with van der Waals surface area (Å²) in [5, 5.41) is 12.0. The van der Waals surface area contributed by atoms with E-state index in [1.807, 2.05) is 18.2 Å². The molecule has 1 saturated carbocycles. The molecule has 0 spiro atoms. The molecule has 0 amide bonds. The summed E-state index contributed by atoms with van der Waals surface area (Å²) < 4.78 is 1.000. The van der Waals surface area contributed by atoms with E-state index >= 15 is 0 Å². The minimum Gasteiger partial charge on any atom is -0.409 e. The van der Waals surface area contributed by atoms with Gasteiger partial charge in [-0.05, 0) is 31.0 Å². The zero-order valence-electron chi connectivity index (χ0n) is 11.1. The molecule has 4 nitrogen and oxygen atoms in total. The number of nitrogens with zero attached hydrogens (tertiary/aromatic N) is 2. The third-order valence-corrected chi connectivity index (χ3v) is 4.34. The predicted octanol–water partition coefficient (Wildman–Crippen LogP) is 3.31. The Morgan fingerprint density at radius 1 is 1.37 bits per heavy atom. The Labute approximate surface area is 122 Å². The van der Waals surface area contributed by atoms with Crippen molar-refractivity contribution < 1.29 is 5.21 Å². The Hall–Kier alpha value is -1.23. The summed E-state index contributed by atoms with van der Waals surface area (Å²) >= 11 is 3.49. The van der Waals surface area contributed by atoms with E-state index < -0.39 is 0 Å². The van der Waals surface area contributed by atoms with Crippen LogP contribution in [0.4, 0.5) is 5.69 Å². The van der Waals surface area contributed by atoms with E-state index in [1.54, 1.807) is 0 Å². The van der Waals surface area contributed by atoms with Crippen LogP contribution in [0, 0.1) is 0 Å². The normalized spacial score (nSPS) is 17.5. The van der Waals surface area contributed by atoms with Crippen molar-refractivity contribution >= 4 is 27.5 Å². The molecule has 0 heterocycles. The molecule has 3 N–H and O–H groups in total. The smallest absolute Gasteiger partial charge is 0.172 e. The van der Waals surface area contributed by atoms with Crippen molar-refractivity contribution in [2.75, 3.05) is 11.9 Å². The Morgan fingerprint density at radius 2 is 2.05 bits per heavy atom. The lowest BCUT2D eigenvalue weighted by molar-refractivity contribution is 0.318. The van der Waals surface area contributed by atoms with Crippen LogP contribution in [0.5, 0.6) is 0 Å². The van der Waals surface area contributed by atoms with Gasteiger partial charge < -0.3 is 15.8 Å². The van der Waals surface area contributed by atoms with Crippen molar-refractivity contribution in [1.29, 1.82) is 0 Å². The minimum atomic E-state index is 0.158. The van der Waals surface area contributed by atoms with Crippen molar-refractivity contribution in [3.05, 3.63) is 28.2 Å². The number of halogens is 1. The van der Waals surface area contributed by atoms with Gasteiger partial charge in [-0.25, -0.2) is 0 Å². The molecule has 0 atom stereocenters. The molecule has 1 aromatic carbocycles. The maximum Gasteiger partial charge on any atom is 0.172 e. The molecule has 0 saturated heterocycles. The lowest BCUT2D eigenvalue weighted by Gasteiger charge is -2.34. The highest BCUT2D eigenvalue weighted by atomic mass is 79.9. The monoisotopic (exact) mass is 325 g/mol. The van der Waals surface area contributed by atoms with Crippen molar-refractivity contribution in [3.63, 3.8) is 0 Å². The molecule has 1 aliphatic rings. The minimum absolute atomic E-state index is 0.158. The maximum absolute atomic E-state index is 8.91. The third-order valence-electron chi connectivity index (χ3n) is 3.85. The van der Waals surface area contributed by atoms with Gasteiger partial charge in [0.2, 0.25) is 0 Å². The van der Waals surface area contributed by atoms with Crippen LogP contribution in [-0.4, -0.2) is 24.1 Å². The molecule has 5 heteroatoms. The fraction of sp³-hybridized carbons (Fsp3) is 0.500. The van der Waals surface area contributed by atoms with Gasteiger partial charge in [0.15, 0.2) is 5.84 Å². The molecular weight excluding hydrogens is 306 g/mol. The van der Waals surface area contributed by atoms with Gasteiger partial charge in [-0.1, -0.05) is 40.3 Å². The van der Waals surface area contributed by atoms with Crippen LogP contribution in [0.1, 0.15) is 37.7 Å². The first kappa shape index (κ1) is 14.2. The molecular formula is C14H20BrN3O. The average molecular weight is 326 g/mol. The highest BCUT2D eigenvalue weighted by Gasteiger charge is 2.21. The van der Waals surface area contributed by atoms with Gasteiger partial charge in [-0.3, -0.25) is 0 Å². The topological polar surface area (TPSA) is 61.8 Å². The number of benzene rings is 1. The van der Waals surface area contributed by atoms with Gasteiger partial charge in [-0.2, -0.15) is 0 Å². The highest BCUT2D eigenvalue weighted by molar-refractivity contribution is 9.10. The lowest BCUT2D eigenvalue weighted by Crippen LogP contribution is -2.35. The fourth-order valence-electron chi connectivity index (χ4n) is 2.73. The number of nitrogens with two attached hydrogens (primary N) is 1. The van der Waals surface area contributed by atoms with E-state index in [0.717, 1.165) is 15.7 Å². The van der Waals surface area contributed by atoms with Crippen LogP contribution in [0.2, 0.25) is 0 Å². The molecule has 0 radical (unpaired) electrons. The molecule has 2 rings (SSSR count).